The predicted molar refractivity (Wildman–Crippen MR) is 73.2 cm³/mol. The number of urea groups is 1. The van der Waals surface area contributed by atoms with Crippen molar-refractivity contribution >= 4 is 17.8 Å². The third-order valence-electron chi connectivity index (χ3n) is 3.99. The van der Waals surface area contributed by atoms with Crippen LogP contribution in [0.15, 0.2) is 24.5 Å². The molecule has 1 aromatic rings. The Hall–Kier alpha value is -2.44. The maximum atomic E-state index is 12.2. The lowest BCUT2D eigenvalue weighted by atomic mass is 9.99. The summed E-state index contributed by atoms with van der Waals surface area (Å²) in [7, 11) is 0. The van der Waals surface area contributed by atoms with Gasteiger partial charge in [-0.1, -0.05) is 6.07 Å². The largest absolute Gasteiger partial charge is 0.340 e. The van der Waals surface area contributed by atoms with Crippen LogP contribution in [0.3, 0.4) is 0 Å². The molecule has 0 aliphatic carbocycles. The van der Waals surface area contributed by atoms with E-state index in [1.165, 1.54) is 0 Å². The monoisotopic (exact) mass is 288 g/mol. The van der Waals surface area contributed by atoms with Gasteiger partial charge in [-0.05, 0) is 24.5 Å². The Bertz CT molecular complexity index is 589. The molecule has 1 aromatic heterocycles. The number of nitrogens with one attached hydrogen (secondary N) is 2. The lowest BCUT2D eigenvalue weighted by molar-refractivity contribution is -0.130. The number of pyridine rings is 1. The first-order chi connectivity index (χ1) is 10.1. The quantitative estimate of drug-likeness (QED) is 0.755. The number of nitrogens with zero attached hydrogens (tertiary/aromatic N) is 2. The molecule has 2 saturated heterocycles. The van der Waals surface area contributed by atoms with Gasteiger partial charge in [-0.15, -0.1) is 0 Å². The zero-order valence-corrected chi connectivity index (χ0v) is 11.5. The summed E-state index contributed by atoms with van der Waals surface area (Å²) < 4.78 is 0. The highest BCUT2D eigenvalue weighted by atomic mass is 16.2. The summed E-state index contributed by atoms with van der Waals surface area (Å²) in [5, 5.41) is 4.87. The molecule has 0 aromatic carbocycles. The highest BCUT2D eigenvalue weighted by Gasteiger charge is 2.51. The first kappa shape index (κ1) is 13.5. The van der Waals surface area contributed by atoms with Crippen LogP contribution in [-0.4, -0.2) is 46.4 Å². The molecular formula is C14H16N4O3. The van der Waals surface area contributed by atoms with E-state index in [1.807, 2.05) is 12.1 Å². The molecule has 7 heteroatoms. The molecule has 1 spiro atoms. The van der Waals surface area contributed by atoms with E-state index in [9.17, 15) is 14.4 Å². The Balaban J connectivity index is 1.58. The van der Waals surface area contributed by atoms with Crippen molar-refractivity contribution in [3.8, 4) is 0 Å². The maximum Gasteiger partial charge on any atom is 0.322 e. The number of aromatic nitrogens is 1. The Morgan fingerprint density at radius 3 is 2.95 bits per heavy atom. The fourth-order valence-electron chi connectivity index (χ4n) is 2.79. The molecule has 7 nitrogen and oxygen atoms in total. The SMILES string of the molecule is O=C1NC(=O)C2(CCN(C(=O)CCc3cccnc3)C2)N1. The number of hydrogen-bond acceptors (Lipinski definition) is 4. The molecule has 110 valence electrons. The molecule has 2 aliphatic rings. The van der Waals surface area contributed by atoms with Crippen molar-refractivity contribution < 1.29 is 14.4 Å². The summed E-state index contributed by atoms with van der Waals surface area (Å²) in [4.78, 5) is 40.9. The van der Waals surface area contributed by atoms with Crippen molar-refractivity contribution in [3.05, 3.63) is 30.1 Å². The van der Waals surface area contributed by atoms with E-state index in [-0.39, 0.29) is 18.4 Å². The Labute approximate surface area is 121 Å². The van der Waals surface area contributed by atoms with Crippen LogP contribution < -0.4 is 10.6 Å². The number of hydrogen-bond donors (Lipinski definition) is 2. The van der Waals surface area contributed by atoms with Crippen LogP contribution in [0.5, 0.6) is 0 Å². The number of likely N-dealkylation sites (tertiary alicyclic amines) is 1. The highest BCUT2D eigenvalue weighted by Crippen LogP contribution is 2.25. The molecule has 1 atom stereocenters. The third-order valence-corrected chi connectivity index (χ3v) is 3.99. The van der Waals surface area contributed by atoms with Gasteiger partial charge in [0.15, 0.2) is 0 Å². The summed E-state index contributed by atoms with van der Waals surface area (Å²) in [6, 6.07) is 3.28. The van der Waals surface area contributed by atoms with Gasteiger partial charge in [0.2, 0.25) is 5.91 Å². The fraction of sp³-hybridized carbons (Fsp3) is 0.429. The Morgan fingerprint density at radius 2 is 2.29 bits per heavy atom. The average Bonchev–Trinajstić information content (AvgIpc) is 3.02. The number of amides is 4. The number of carbonyl (C=O) groups is 3. The summed E-state index contributed by atoms with van der Waals surface area (Å²) >= 11 is 0. The van der Waals surface area contributed by atoms with Crippen molar-refractivity contribution in [3.63, 3.8) is 0 Å². The summed E-state index contributed by atoms with van der Waals surface area (Å²) in [6.07, 6.45) is 4.88. The van der Waals surface area contributed by atoms with E-state index < -0.39 is 11.6 Å². The second kappa shape index (κ2) is 5.16. The second-order valence-electron chi connectivity index (χ2n) is 5.42. The van der Waals surface area contributed by atoms with E-state index in [1.54, 1.807) is 17.3 Å². The summed E-state index contributed by atoms with van der Waals surface area (Å²) in [5.41, 5.74) is 0.0767. The molecule has 1 unspecified atom stereocenters. The first-order valence-corrected chi connectivity index (χ1v) is 6.89. The molecule has 21 heavy (non-hydrogen) atoms. The van der Waals surface area contributed by atoms with Gasteiger partial charge in [-0.3, -0.25) is 19.9 Å². The van der Waals surface area contributed by atoms with Crippen molar-refractivity contribution in [2.24, 2.45) is 0 Å². The minimum Gasteiger partial charge on any atom is -0.340 e. The lowest BCUT2D eigenvalue weighted by Crippen LogP contribution is -2.49. The number of rotatable bonds is 3. The molecule has 4 amide bonds. The van der Waals surface area contributed by atoms with Crippen LogP contribution in [-0.2, 0) is 16.0 Å². The Kier molecular flexibility index (Phi) is 3.32. The van der Waals surface area contributed by atoms with E-state index >= 15 is 0 Å². The zero-order chi connectivity index (χ0) is 14.9. The maximum absolute atomic E-state index is 12.2. The van der Waals surface area contributed by atoms with Crippen LogP contribution in [0.1, 0.15) is 18.4 Å². The second-order valence-corrected chi connectivity index (χ2v) is 5.42. The van der Waals surface area contributed by atoms with E-state index in [4.69, 9.17) is 0 Å². The van der Waals surface area contributed by atoms with Gasteiger partial charge in [0, 0.05) is 25.4 Å². The highest BCUT2D eigenvalue weighted by molar-refractivity contribution is 6.07. The average molecular weight is 288 g/mol. The molecule has 0 radical (unpaired) electrons. The first-order valence-electron chi connectivity index (χ1n) is 6.89. The molecule has 2 N–H and O–H groups in total. The van der Waals surface area contributed by atoms with Crippen molar-refractivity contribution in [2.45, 2.75) is 24.8 Å². The molecule has 2 aliphatic heterocycles. The van der Waals surface area contributed by atoms with Crippen molar-refractivity contribution in [1.82, 2.24) is 20.5 Å². The molecule has 0 saturated carbocycles. The number of imide groups is 1. The van der Waals surface area contributed by atoms with Crippen LogP contribution >= 0.6 is 0 Å². The van der Waals surface area contributed by atoms with Gasteiger partial charge >= 0.3 is 6.03 Å². The van der Waals surface area contributed by atoms with E-state index in [2.05, 4.69) is 15.6 Å². The number of aryl methyl sites for hydroxylation is 1. The minimum atomic E-state index is -0.930. The smallest absolute Gasteiger partial charge is 0.322 e. The zero-order valence-electron chi connectivity index (χ0n) is 11.5. The van der Waals surface area contributed by atoms with Gasteiger partial charge < -0.3 is 10.2 Å². The van der Waals surface area contributed by atoms with Crippen LogP contribution in [0.2, 0.25) is 0 Å². The Morgan fingerprint density at radius 1 is 1.43 bits per heavy atom. The van der Waals surface area contributed by atoms with Gasteiger partial charge in [-0.25, -0.2) is 4.79 Å². The van der Waals surface area contributed by atoms with Gasteiger partial charge in [0.05, 0.1) is 6.54 Å². The van der Waals surface area contributed by atoms with Gasteiger partial charge in [0.25, 0.3) is 5.91 Å². The molecule has 3 heterocycles. The van der Waals surface area contributed by atoms with E-state index in [0.717, 1.165) is 5.56 Å². The minimum absolute atomic E-state index is 0.00956. The fourth-order valence-corrected chi connectivity index (χ4v) is 2.79. The topological polar surface area (TPSA) is 91.4 Å². The van der Waals surface area contributed by atoms with Crippen LogP contribution in [0.25, 0.3) is 0 Å². The van der Waals surface area contributed by atoms with Crippen LogP contribution in [0, 0.1) is 0 Å². The predicted octanol–water partition coefficient (Wildman–Crippen LogP) is -0.175. The molecule has 0 bridgehead atoms. The summed E-state index contributed by atoms with van der Waals surface area (Å²) in [5.74, 6) is -0.347. The number of carbonyl (C=O) groups excluding carboxylic acids is 3. The van der Waals surface area contributed by atoms with E-state index in [0.29, 0.717) is 25.8 Å². The molecule has 2 fully saturated rings. The normalized spacial score (nSPS) is 24.3. The van der Waals surface area contributed by atoms with Gasteiger partial charge in [-0.2, -0.15) is 0 Å². The molecule has 3 rings (SSSR count). The molecular weight excluding hydrogens is 272 g/mol. The summed E-state index contributed by atoms with van der Waals surface area (Å²) in [6.45, 7) is 0.732. The third kappa shape index (κ3) is 2.58. The van der Waals surface area contributed by atoms with Crippen molar-refractivity contribution in [1.29, 1.82) is 0 Å². The van der Waals surface area contributed by atoms with Crippen LogP contribution in [0.4, 0.5) is 4.79 Å². The standard InChI is InChI=1S/C14H16N4O3/c19-11(4-3-10-2-1-6-15-8-10)18-7-5-14(9-18)12(20)16-13(21)17-14/h1-2,6,8H,3-5,7,9H2,(H2,16,17,20,21). The van der Waals surface area contributed by atoms with Gasteiger partial charge in [0.1, 0.15) is 5.54 Å². The van der Waals surface area contributed by atoms with Crippen molar-refractivity contribution in [2.75, 3.05) is 13.1 Å². The lowest BCUT2D eigenvalue weighted by Gasteiger charge is -2.21.